The van der Waals surface area contributed by atoms with E-state index in [1.165, 1.54) is 29.6 Å². The number of hydrogen-bond donors (Lipinski definition) is 2. The number of carbonyl (C=O) groups excluding carboxylic acids is 2. The molecule has 3 aromatic heterocycles. The van der Waals surface area contributed by atoms with Crippen LogP contribution in [-0.4, -0.2) is 37.2 Å². The topological polar surface area (TPSA) is 123 Å². The molecule has 3 aromatic rings. The van der Waals surface area contributed by atoms with E-state index in [4.69, 9.17) is 0 Å². The van der Waals surface area contributed by atoms with E-state index in [2.05, 4.69) is 36.0 Å². The minimum atomic E-state index is -0.146. The first-order valence-electron chi connectivity index (χ1n) is 9.68. The molecule has 0 spiro atoms. The molecule has 0 radical (unpaired) electrons. The van der Waals surface area contributed by atoms with E-state index in [0.717, 1.165) is 41.4 Å². The number of nitrogens with zero attached hydrogens (tertiary/aromatic N) is 5. The molecule has 1 unspecified atom stereocenters. The second-order valence-corrected chi connectivity index (χ2v) is 9.32. The fourth-order valence-electron chi connectivity index (χ4n) is 3.55. The third-order valence-corrected chi connectivity index (χ3v) is 6.72. The van der Waals surface area contributed by atoms with Gasteiger partial charge < -0.3 is 10.6 Å². The Balaban J connectivity index is 1.28. The lowest BCUT2D eigenvalue weighted by Crippen LogP contribution is -2.14. The van der Waals surface area contributed by atoms with Gasteiger partial charge in [0.1, 0.15) is 10.0 Å². The van der Waals surface area contributed by atoms with Crippen molar-refractivity contribution in [2.24, 2.45) is 5.92 Å². The van der Waals surface area contributed by atoms with Crippen LogP contribution >= 0.6 is 22.7 Å². The van der Waals surface area contributed by atoms with E-state index in [9.17, 15) is 9.59 Å². The summed E-state index contributed by atoms with van der Waals surface area (Å²) in [7, 11) is 0. The van der Waals surface area contributed by atoms with Crippen molar-refractivity contribution in [3.63, 3.8) is 0 Å². The van der Waals surface area contributed by atoms with Gasteiger partial charge in [0.05, 0.1) is 6.42 Å². The Kier molecular flexibility index (Phi) is 6.38. The zero-order valence-electron chi connectivity index (χ0n) is 16.4. The van der Waals surface area contributed by atoms with Crippen LogP contribution in [0.5, 0.6) is 0 Å². The Labute approximate surface area is 181 Å². The smallest absolute Gasteiger partial charge is 0.232 e. The third-order valence-electron chi connectivity index (χ3n) is 4.86. The van der Waals surface area contributed by atoms with Crippen molar-refractivity contribution < 1.29 is 9.59 Å². The average Bonchev–Trinajstić information content (AvgIpc) is 3.44. The van der Waals surface area contributed by atoms with Crippen molar-refractivity contribution in [1.29, 1.82) is 0 Å². The van der Waals surface area contributed by atoms with Gasteiger partial charge in [0.25, 0.3) is 0 Å². The van der Waals surface area contributed by atoms with Crippen LogP contribution in [0.4, 0.5) is 10.3 Å². The van der Waals surface area contributed by atoms with Gasteiger partial charge in [0.2, 0.25) is 22.1 Å². The maximum absolute atomic E-state index is 12.2. The van der Waals surface area contributed by atoms with Crippen molar-refractivity contribution in [2.45, 2.75) is 44.9 Å². The van der Waals surface area contributed by atoms with Gasteiger partial charge in [-0.1, -0.05) is 28.7 Å². The Hall–Kier alpha value is -2.79. The minimum absolute atomic E-state index is 0.141. The molecule has 1 aliphatic rings. The molecule has 0 bridgehead atoms. The number of anilines is 2. The fourth-order valence-corrected chi connectivity index (χ4v) is 5.36. The maximum atomic E-state index is 12.2. The standard InChI is InChI=1S/C19H21N7O2S2/c1-11(27)21-18-25-23-16(29-18)9-12-5-6-13(8-12)17-24-26-19(30-17)22-15(28)10-14-4-2-3-7-20-14/h2-4,7,12-13H,5-6,8-10H2,1H3,(H,21,25,27)(H,22,26,28)/t12?,13-/m1/s1. The number of rotatable bonds is 7. The minimum Gasteiger partial charge on any atom is -0.301 e. The van der Waals surface area contributed by atoms with Gasteiger partial charge in [0.15, 0.2) is 0 Å². The number of nitrogens with one attached hydrogen (secondary N) is 2. The van der Waals surface area contributed by atoms with Gasteiger partial charge in [-0.3, -0.25) is 14.6 Å². The van der Waals surface area contributed by atoms with Crippen molar-refractivity contribution in [2.75, 3.05) is 10.6 Å². The second-order valence-electron chi connectivity index (χ2n) is 7.25. The second kappa shape index (κ2) is 9.35. The molecular weight excluding hydrogens is 422 g/mol. The predicted molar refractivity (Wildman–Crippen MR) is 114 cm³/mol. The molecule has 0 aromatic carbocycles. The highest BCUT2D eigenvalue weighted by molar-refractivity contribution is 7.15. The van der Waals surface area contributed by atoms with Crippen LogP contribution in [-0.2, 0) is 22.4 Å². The van der Waals surface area contributed by atoms with Gasteiger partial charge in [-0.2, -0.15) is 0 Å². The summed E-state index contributed by atoms with van der Waals surface area (Å²) in [5.41, 5.74) is 0.719. The molecule has 3 heterocycles. The lowest BCUT2D eigenvalue weighted by molar-refractivity contribution is -0.116. The summed E-state index contributed by atoms with van der Waals surface area (Å²) < 4.78 is 0. The molecule has 1 saturated carbocycles. The largest absolute Gasteiger partial charge is 0.301 e. The number of carbonyl (C=O) groups is 2. The van der Waals surface area contributed by atoms with Gasteiger partial charge >= 0.3 is 0 Å². The van der Waals surface area contributed by atoms with E-state index in [1.54, 1.807) is 6.20 Å². The highest BCUT2D eigenvalue weighted by Gasteiger charge is 2.29. The summed E-state index contributed by atoms with van der Waals surface area (Å²) in [5.74, 6) is 0.556. The molecule has 0 aliphatic heterocycles. The van der Waals surface area contributed by atoms with Crippen LogP contribution < -0.4 is 10.6 Å². The Morgan fingerprint density at radius 3 is 2.70 bits per heavy atom. The molecule has 4 rings (SSSR count). The summed E-state index contributed by atoms with van der Waals surface area (Å²) in [6.07, 6.45) is 5.86. The Morgan fingerprint density at radius 1 is 1.07 bits per heavy atom. The van der Waals surface area contributed by atoms with Crippen LogP contribution in [0.15, 0.2) is 24.4 Å². The molecule has 2 amide bonds. The van der Waals surface area contributed by atoms with Crippen molar-refractivity contribution >= 4 is 44.8 Å². The van der Waals surface area contributed by atoms with Gasteiger partial charge in [-0.05, 0) is 37.3 Å². The van der Waals surface area contributed by atoms with E-state index >= 15 is 0 Å². The first-order valence-corrected chi connectivity index (χ1v) is 11.3. The third kappa shape index (κ3) is 5.42. The monoisotopic (exact) mass is 443 g/mol. The lowest BCUT2D eigenvalue weighted by atomic mass is 10.0. The van der Waals surface area contributed by atoms with E-state index in [-0.39, 0.29) is 18.2 Å². The fraction of sp³-hybridized carbons (Fsp3) is 0.421. The van der Waals surface area contributed by atoms with Crippen LogP contribution in [0.2, 0.25) is 0 Å². The van der Waals surface area contributed by atoms with Crippen molar-refractivity contribution in [1.82, 2.24) is 25.4 Å². The van der Waals surface area contributed by atoms with Gasteiger partial charge in [-0.15, -0.1) is 20.4 Å². The highest BCUT2D eigenvalue weighted by Crippen LogP contribution is 2.41. The zero-order valence-corrected chi connectivity index (χ0v) is 18.0. The number of pyridine rings is 1. The molecule has 2 N–H and O–H groups in total. The molecule has 2 atom stereocenters. The SMILES string of the molecule is CC(=O)Nc1nnc(CC2CC[C@@H](c3nnc(NC(=O)Cc4ccccn4)s3)C2)s1. The van der Waals surface area contributed by atoms with E-state index in [0.29, 0.717) is 22.1 Å². The van der Waals surface area contributed by atoms with Crippen LogP contribution in [0.3, 0.4) is 0 Å². The Bertz CT molecular complexity index is 1020. The number of amides is 2. The van der Waals surface area contributed by atoms with E-state index in [1.807, 2.05) is 18.2 Å². The quantitative estimate of drug-likeness (QED) is 0.575. The highest BCUT2D eigenvalue weighted by atomic mass is 32.1. The molecular formula is C19H21N7O2S2. The van der Waals surface area contributed by atoms with Crippen LogP contribution in [0.1, 0.15) is 47.8 Å². The predicted octanol–water partition coefficient (Wildman–Crippen LogP) is 3.05. The van der Waals surface area contributed by atoms with Gasteiger partial charge in [-0.25, -0.2) is 0 Å². The first kappa shape index (κ1) is 20.5. The summed E-state index contributed by atoms with van der Waals surface area (Å²) in [4.78, 5) is 27.5. The summed E-state index contributed by atoms with van der Waals surface area (Å²) in [6, 6.07) is 5.50. The molecule has 156 valence electrons. The lowest BCUT2D eigenvalue weighted by Gasteiger charge is -2.06. The van der Waals surface area contributed by atoms with Crippen molar-refractivity contribution in [3.05, 3.63) is 40.1 Å². The number of aromatic nitrogens is 5. The molecule has 0 saturated heterocycles. The molecule has 9 nitrogen and oxygen atoms in total. The van der Waals surface area contributed by atoms with E-state index < -0.39 is 0 Å². The summed E-state index contributed by atoms with van der Waals surface area (Å²) in [5, 5.41) is 25.1. The molecule has 11 heteroatoms. The van der Waals surface area contributed by atoms with Crippen LogP contribution in [0, 0.1) is 5.92 Å². The summed E-state index contributed by atoms with van der Waals surface area (Å²) in [6.45, 7) is 1.46. The normalized spacial score (nSPS) is 18.3. The van der Waals surface area contributed by atoms with Crippen molar-refractivity contribution in [3.8, 4) is 0 Å². The average molecular weight is 444 g/mol. The first-order chi connectivity index (χ1) is 14.5. The van der Waals surface area contributed by atoms with Gasteiger partial charge in [0, 0.05) is 31.2 Å². The molecule has 1 aliphatic carbocycles. The van der Waals surface area contributed by atoms with Crippen LogP contribution in [0.25, 0.3) is 0 Å². The Morgan fingerprint density at radius 2 is 1.90 bits per heavy atom. The molecule has 30 heavy (non-hydrogen) atoms. The summed E-state index contributed by atoms with van der Waals surface area (Å²) >= 11 is 2.87. The molecule has 1 fully saturated rings. The maximum Gasteiger partial charge on any atom is 0.232 e. The number of hydrogen-bond acceptors (Lipinski definition) is 9. The zero-order chi connectivity index (χ0) is 20.9.